The standard InChI is InChI=1S/C11H10O3S/c1-6-8-4-7(5-12)2-3-9(8)15-10(6)11(13)14/h2-4,12H,5H2,1H3,(H,13,14). The number of aliphatic hydroxyl groups is 1. The van der Waals surface area contributed by atoms with Crippen molar-refractivity contribution >= 4 is 27.4 Å². The first kappa shape index (κ1) is 10.1. The van der Waals surface area contributed by atoms with Gasteiger partial charge in [-0.15, -0.1) is 11.3 Å². The molecule has 15 heavy (non-hydrogen) atoms. The minimum Gasteiger partial charge on any atom is -0.477 e. The van der Waals surface area contributed by atoms with E-state index >= 15 is 0 Å². The quantitative estimate of drug-likeness (QED) is 0.820. The van der Waals surface area contributed by atoms with Crippen molar-refractivity contribution in [2.45, 2.75) is 13.5 Å². The molecule has 78 valence electrons. The van der Waals surface area contributed by atoms with Crippen LogP contribution in [0.2, 0.25) is 0 Å². The molecule has 0 atom stereocenters. The van der Waals surface area contributed by atoms with Crippen LogP contribution in [0.25, 0.3) is 10.1 Å². The van der Waals surface area contributed by atoms with Crippen LogP contribution < -0.4 is 0 Å². The number of thiophene rings is 1. The second-order valence-corrected chi connectivity index (χ2v) is 4.40. The Morgan fingerprint density at radius 2 is 2.20 bits per heavy atom. The zero-order chi connectivity index (χ0) is 11.0. The maximum atomic E-state index is 10.9. The van der Waals surface area contributed by atoms with Crippen LogP contribution in [0.15, 0.2) is 18.2 Å². The molecule has 0 aliphatic rings. The molecule has 0 bridgehead atoms. The van der Waals surface area contributed by atoms with E-state index in [1.165, 1.54) is 11.3 Å². The van der Waals surface area contributed by atoms with Gasteiger partial charge >= 0.3 is 5.97 Å². The highest BCUT2D eigenvalue weighted by Gasteiger charge is 2.14. The summed E-state index contributed by atoms with van der Waals surface area (Å²) in [6.07, 6.45) is 0. The zero-order valence-electron chi connectivity index (χ0n) is 8.15. The maximum absolute atomic E-state index is 10.9. The Labute approximate surface area is 90.6 Å². The molecule has 0 aliphatic heterocycles. The normalized spacial score (nSPS) is 10.8. The first-order chi connectivity index (χ1) is 7.13. The second-order valence-electron chi connectivity index (χ2n) is 3.35. The number of aromatic carboxylic acids is 1. The highest BCUT2D eigenvalue weighted by molar-refractivity contribution is 7.21. The van der Waals surface area contributed by atoms with E-state index in [4.69, 9.17) is 10.2 Å². The summed E-state index contributed by atoms with van der Waals surface area (Å²) in [7, 11) is 0. The van der Waals surface area contributed by atoms with Crippen LogP contribution in [0.5, 0.6) is 0 Å². The van der Waals surface area contributed by atoms with Gasteiger partial charge in [-0.25, -0.2) is 4.79 Å². The van der Waals surface area contributed by atoms with Crippen LogP contribution >= 0.6 is 11.3 Å². The molecule has 0 amide bonds. The predicted molar refractivity (Wildman–Crippen MR) is 59.4 cm³/mol. The third kappa shape index (κ3) is 1.62. The molecule has 0 aliphatic carbocycles. The smallest absolute Gasteiger partial charge is 0.346 e. The van der Waals surface area contributed by atoms with E-state index in [9.17, 15) is 4.79 Å². The van der Waals surface area contributed by atoms with E-state index in [1.807, 2.05) is 18.2 Å². The van der Waals surface area contributed by atoms with Crippen molar-refractivity contribution < 1.29 is 15.0 Å². The first-order valence-corrected chi connectivity index (χ1v) is 5.31. The van der Waals surface area contributed by atoms with Crippen molar-refractivity contribution in [3.05, 3.63) is 34.2 Å². The molecule has 2 aromatic rings. The van der Waals surface area contributed by atoms with Gasteiger partial charge in [0.2, 0.25) is 0 Å². The lowest BCUT2D eigenvalue weighted by Crippen LogP contribution is -1.93. The Hall–Kier alpha value is -1.39. The number of aliphatic hydroxyl groups excluding tert-OH is 1. The van der Waals surface area contributed by atoms with E-state index in [-0.39, 0.29) is 6.61 Å². The molecule has 3 nitrogen and oxygen atoms in total. The molecule has 0 fully saturated rings. The average Bonchev–Trinajstić information content (AvgIpc) is 2.56. The van der Waals surface area contributed by atoms with Crippen molar-refractivity contribution in [2.24, 2.45) is 0 Å². The van der Waals surface area contributed by atoms with E-state index in [0.717, 1.165) is 21.2 Å². The van der Waals surface area contributed by atoms with Gasteiger partial charge in [0.15, 0.2) is 0 Å². The van der Waals surface area contributed by atoms with Gasteiger partial charge in [0.1, 0.15) is 4.88 Å². The number of aryl methyl sites for hydroxylation is 1. The molecule has 2 rings (SSSR count). The summed E-state index contributed by atoms with van der Waals surface area (Å²) in [5.74, 6) is -0.890. The first-order valence-electron chi connectivity index (χ1n) is 4.49. The summed E-state index contributed by atoms with van der Waals surface area (Å²) in [4.78, 5) is 11.3. The van der Waals surface area contributed by atoms with E-state index in [0.29, 0.717) is 4.88 Å². The van der Waals surface area contributed by atoms with Crippen molar-refractivity contribution in [2.75, 3.05) is 0 Å². The number of hydrogen-bond acceptors (Lipinski definition) is 3. The molecule has 1 aromatic carbocycles. The Balaban J connectivity index is 2.72. The molecule has 1 heterocycles. The van der Waals surface area contributed by atoms with Crippen LogP contribution in [-0.2, 0) is 6.61 Å². The topological polar surface area (TPSA) is 57.5 Å². The fourth-order valence-electron chi connectivity index (χ4n) is 1.57. The van der Waals surface area contributed by atoms with Gasteiger partial charge in [-0.3, -0.25) is 0 Å². The molecule has 0 saturated carbocycles. The summed E-state index contributed by atoms with van der Waals surface area (Å²) in [6, 6.07) is 5.50. The van der Waals surface area contributed by atoms with Gasteiger partial charge in [-0.05, 0) is 35.6 Å². The molecule has 1 aromatic heterocycles. The second kappa shape index (κ2) is 3.64. The number of fused-ring (bicyclic) bond motifs is 1. The molecule has 0 spiro atoms. The highest BCUT2D eigenvalue weighted by atomic mass is 32.1. The number of hydrogen-bond donors (Lipinski definition) is 2. The lowest BCUT2D eigenvalue weighted by molar-refractivity contribution is 0.0701. The molecule has 2 N–H and O–H groups in total. The van der Waals surface area contributed by atoms with E-state index < -0.39 is 5.97 Å². The summed E-state index contributed by atoms with van der Waals surface area (Å²) < 4.78 is 0.946. The molecule has 0 radical (unpaired) electrons. The highest BCUT2D eigenvalue weighted by Crippen LogP contribution is 2.31. The molecule has 0 unspecified atom stereocenters. The van der Waals surface area contributed by atoms with E-state index in [1.54, 1.807) is 6.92 Å². The van der Waals surface area contributed by atoms with Gasteiger partial charge in [-0.1, -0.05) is 6.07 Å². The Morgan fingerprint density at radius 3 is 2.80 bits per heavy atom. The molecule has 0 saturated heterocycles. The van der Waals surface area contributed by atoms with Crippen molar-refractivity contribution in [3.8, 4) is 0 Å². The van der Waals surface area contributed by atoms with Crippen molar-refractivity contribution in [3.63, 3.8) is 0 Å². The van der Waals surface area contributed by atoms with Crippen molar-refractivity contribution in [1.82, 2.24) is 0 Å². The molecule has 4 heteroatoms. The van der Waals surface area contributed by atoms with Gasteiger partial charge in [0.05, 0.1) is 6.61 Å². The van der Waals surface area contributed by atoms with Gasteiger partial charge in [0, 0.05) is 4.70 Å². The summed E-state index contributed by atoms with van der Waals surface area (Å²) in [5.41, 5.74) is 1.58. The van der Waals surface area contributed by atoms with Gasteiger partial charge < -0.3 is 10.2 Å². The molecular weight excluding hydrogens is 212 g/mol. The third-order valence-corrected chi connectivity index (χ3v) is 3.64. The van der Waals surface area contributed by atoms with Gasteiger partial charge in [-0.2, -0.15) is 0 Å². The fourth-order valence-corrected chi connectivity index (χ4v) is 2.60. The zero-order valence-corrected chi connectivity index (χ0v) is 8.97. The number of carbonyl (C=O) groups is 1. The monoisotopic (exact) mass is 222 g/mol. The van der Waals surface area contributed by atoms with Crippen molar-refractivity contribution in [1.29, 1.82) is 0 Å². The number of rotatable bonds is 2. The number of carboxylic acid groups (broad SMARTS) is 1. The predicted octanol–water partition coefficient (Wildman–Crippen LogP) is 2.40. The summed E-state index contributed by atoms with van der Waals surface area (Å²) >= 11 is 1.27. The average molecular weight is 222 g/mol. The van der Waals surface area contributed by atoms with Gasteiger partial charge in [0.25, 0.3) is 0 Å². The lowest BCUT2D eigenvalue weighted by atomic mass is 10.1. The number of carboxylic acids is 1. The van der Waals surface area contributed by atoms with E-state index in [2.05, 4.69) is 0 Å². The largest absolute Gasteiger partial charge is 0.477 e. The fraction of sp³-hybridized carbons (Fsp3) is 0.182. The van der Waals surface area contributed by atoms with Crippen LogP contribution in [0.3, 0.4) is 0 Å². The lowest BCUT2D eigenvalue weighted by Gasteiger charge is -1.96. The Bertz CT molecular complexity index is 528. The Morgan fingerprint density at radius 1 is 1.47 bits per heavy atom. The minimum atomic E-state index is -0.890. The summed E-state index contributed by atoms with van der Waals surface area (Å²) in [6.45, 7) is 1.77. The maximum Gasteiger partial charge on any atom is 0.346 e. The Kier molecular flexibility index (Phi) is 2.46. The summed E-state index contributed by atoms with van der Waals surface area (Å²) in [5, 5.41) is 18.9. The van der Waals surface area contributed by atoms with Crippen LogP contribution in [0.4, 0.5) is 0 Å². The minimum absolute atomic E-state index is 0.0202. The third-order valence-electron chi connectivity index (χ3n) is 2.38. The van der Waals surface area contributed by atoms with Crippen LogP contribution in [-0.4, -0.2) is 16.2 Å². The van der Waals surface area contributed by atoms with Crippen LogP contribution in [0, 0.1) is 6.92 Å². The molecular formula is C11H10O3S. The van der Waals surface area contributed by atoms with Crippen LogP contribution in [0.1, 0.15) is 20.8 Å². The SMILES string of the molecule is Cc1c(C(=O)O)sc2ccc(CO)cc12. The number of benzene rings is 1.